The number of aromatic nitrogens is 2. The van der Waals surface area contributed by atoms with Crippen LogP contribution in [0.25, 0.3) is 10.9 Å². The van der Waals surface area contributed by atoms with Crippen molar-refractivity contribution in [1.82, 2.24) is 19.8 Å². The van der Waals surface area contributed by atoms with Gasteiger partial charge in [-0.05, 0) is 25.1 Å². The molecule has 2 aromatic carbocycles. The van der Waals surface area contributed by atoms with Crippen LogP contribution in [0.5, 0.6) is 0 Å². The van der Waals surface area contributed by atoms with Crippen molar-refractivity contribution in [2.24, 2.45) is 0 Å². The molecule has 1 heterocycles. The number of fused-ring (bicyclic) bond motifs is 1. The molecule has 3 rings (SSSR count). The molecule has 0 spiro atoms. The highest BCUT2D eigenvalue weighted by atomic mass is 32.2. The first-order valence-corrected chi connectivity index (χ1v) is 9.75. The second-order valence-corrected chi connectivity index (χ2v) is 7.46. The van der Waals surface area contributed by atoms with Crippen LogP contribution in [0.15, 0.2) is 59.5 Å². The van der Waals surface area contributed by atoms with E-state index in [-0.39, 0.29) is 18.0 Å². The lowest BCUT2D eigenvalue weighted by Crippen LogP contribution is -2.36. The maximum Gasteiger partial charge on any atom is 0.241 e. The summed E-state index contributed by atoms with van der Waals surface area (Å²) in [5, 5.41) is 8.18. The zero-order valence-corrected chi connectivity index (χ0v) is 15.2. The van der Waals surface area contributed by atoms with E-state index in [4.69, 9.17) is 0 Å². The largest absolute Gasteiger partial charge is 0.349 e. The Labute approximate surface area is 152 Å². The number of hydrogen-bond acceptors (Lipinski definition) is 4. The number of amides is 1. The summed E-state index contributed by atoms with van der Waals surface area (Å²) >= 11 is 0. The molecule has 0 aliphatic heterocycles. The Morgan fingerprint density at radius 2 is 1.77 bits per heavy atom. The monoisotopic (exact) mass is 372 g/mol. The molecule has 0 unspecified atom stereocenters. The predicted octanol–water partition coefficient (Wildman–Crippen LogP) is 1.65. The van der Waals surface area contributed by atoms with Gasteiger partial charge in [0.25, 0.3) is 0 Å². The van der Waals surface area contributed by atoms with Crippen LogP contribution in [-0.4, -0.2) is 30.7 Å². The van der Waals surface area contributed by atoms with Gasteiger partial charge in [0.15, 0.2) is 0 Å². The SMILES string of the molecule is CCn1nc(CNC(=O)CNS(=O)(=O)c2ccccc2)c2ccccc21. The molecule has 0 aliphatic rings. The number of carbonyl (C=O) groups is 1. The summed E-state index contributed by atoms with van der Waals surface area (Å²) in [5.41, 5.74) is 1.76. The van der Waals surface area contributed by atoms with Gasteiger partial charge in [0.05, 0.1) is 29.2 Å². The third-order valence-corrected chi connectivity index (χ3v) is 5.38. The normalized spacial score (nSPS) is 11.6. The van der Waals surface area contributed by atoms with E-state index in [0.717, 1.165) is 23.1 Å². The molecule has 0 saturated carbocycles. The molecule has 8 heteroatoms. The Morgan fingerprint density at radius 1 is 1.08 bits per heavy atom. The number of hydrogen-bond donors (Lipinski definition) is 2. The standard InChI is InChI=1S/C18H20N4O3S/c1-2-22-17-11-7-6-10-15(17)16(21-22)12-19-18(23)13-20-26(24,25)14-8-4-3-5-9-14/h3-11,20H,2,12-13H2,1H3,(H,19,23). The van der Waals surface area contributed by atoms with Gasteiger partial charge >= 0.3 is 0 Å². The van der Waals surface area contributed by atoms with E-state index in [1.165, 1.54) is 12.1 Å². The van der Waals surface area contributed by atoms with Crippen LogP contribution in [0.2, 0.25) is 0 Å². The molecule has 0 saturated heterocycles. The van der Waals surface area contributed by atoms with Crippen molar-refractivity contribution in [2.45, 2.75) is 24.9 Å². The van der Waals surface area contributed by atoms with E-state index >= 15 is 0 Å². The van der Waals surface area contributed by atoms with E-state index in [1.54, 1.807) is 18.2 Å². The molecular formula is C18H20N4O3S. The first-order chi connectivity index (χ1) is 12.5. The van der Waals surface area contributed by atoms with Crippen LogP contribution in [0, 0.1) is 0 Å². The molecule has 0 aliphatic carbocycles. The number of nitrogens with zero attached hydrogens (tertiary/aromatic N) is 2. The number of aryl methyl sites for hydroxylation is 1. The highest BCUT2D eigenvalue weighted by Crippen LogP contribution is 2.18. The van der Waals surface area contributed by atoms with Gasteiger partial charge in [0, 0.05) is 11.9 Å². The van der Waals surface area contributed by atoms with Crippen molar-refractivity contribution in [3.05, 3.63) is 60.3 Å². The van der Waals surface area contributed by atoms with E-state index < -0.39 is 15.9 Å². The first-order valence-electron chi connectivity index (χ1n) is 8.27. The lowest BCUT2D eigenvalue weighted by molar-refractivity contribution is -0.120. The minimum absolute atomic E-state index is 0.125. The Kier molecular flexibility index (Phi) is 5.34. The third kappa shape index (κ3) is 3.92. The lowest BCUT2D eigenvalue weighted by atomic mass is 10.2. The minimum atomic E-state index is -3.70. The van der Waals surface area contributed by atoms with E-state index in [1.807, 2.05) is 35.9 Å². The number of nitrogens with one attached hydrogen (secondary N) is 2. The summed E-state index contributed by atoms with van der Waals surface area (Å²) in [7, 11) is -3.70. The quantitative estimate of drug-likeness (QED) is 0.659. The Hall–Kier alpha value is -2.71. The number of rotatable bonds is 7. The van der Waals surface area contributed by atoms with Gasteiger partial charge in [-0.2, -0.15) is 5.10 Å². The molecule has 0 atom stereocenters. The highest BCUT2D eigenvalue weighted by Gasteiger charge is 2.15. The topological polar surface area (TPSA) is 93.1 Å². The van der Waals surface area contributed by atoms with Crippen molar-refractivity contribution < 1.29 is 13.2 Å². The summed E-state index contributed by atoms with van der Waals surface area (Å²) in [6.45, 7) is 2.63. The first kappa shape index (κ1) is 18.1. The molecule has 2 N–H and O–H groups in total. The molecule has 1 amide bonds. The third-order valence-electron chi connectivity index (χ3n) is 3.96. The average molecular weight is 372 g/mol. The zero-order chi connectivity index (χ0) is 18.6. The number of carbonyl (C=O) groups excluding carboxylic acids is 1. The average Bonchev–Trinajstić information content (AvgIpc) is 3.03. The number of para-hydroxylation sites is 1. The zero-order valence-electron chi connectivity index (χ0n) is 14.3. The fourth-order valence-electron chi connectivity index (χ4n) is 2.66. The van der Waals surface area contributed by atoms with Crippen molar-refractivity contribution in [3.63, 3.8) is 0 Å². The van der Waals surface area contributed by atoms with Crippen LogP contribution < -0.4 is 10.0 Å². The molecule has 7 nitrogen and oxygen atoms in total. The van der Waals surface area contributed by atoms with Gasteiger partial charge in [0.1, 0.15) is 0 Å². The summed E-state index contributed by atoms with van der Waals surface area (Å²) < 4.78 is 28.4. The molecule has 0 fully saturated rings. The lowest BCUT2D eigenvalue weighted by Gasteiger charge is -2.07. The fraction of sp³-hybridized carbons (Fsp3) is 0.222. The smallest absolute Gasteiger partial charge is 0.241 e. The van der Waals surface area contributed by atoms with Crippen molar-refractivity contribution in [2.75, 3.05) is 6.54 Å². The maximum atomic E-state index is 12.1. The molecular weight excluding hydrogens is 352 g/mol. The Balaban J connectivity index is 1.62. The van der Waals surface area contributed by atoms with Crippen LogP contribution in [-0.2, 0) is 27.9 Å². The summed E-state index contributed by atoms with van der Waals surface area (Å²) in [6.07, 6.45) is 0. The van der Waals surface area contributed by atoms with E-state index in [2.05, 4.69) is 15.1 Å². The second-order valence-electron chi connectivity index (χ2n) is 5.69. The van der Waals surface area contributed by atoms with Gasteiger partial charge in [-0.25, -0.2) is 13.1 Å². The predicted molar refractivity (Wildman–Crippen MR) is 98.9 cm³/mol. The molecule has 0 bridgehead atoms. The Morgan fingerprint density at radius 3 is 2.50 bits per heavy atom. The molecule has 136 valence electrons. The van der Waals surface area contributed by atoms with Gasteiger partial charge in [0.2, 0.25) is 15.9 Å². The highest BCUT2D eigenvalue weighted by molar-refractivity contribution is 7.89. The van der Waals surface area contributed by atoms with E-state index in [9.17, 15) is 13.2 Å². The number of sulfonamides is 1. The molecule has 0 radical (unpaired) electrons. The maximum absolute atomic E-state index is 12.1. The van der Waals surface area contributed by atoms with Crippen LogP contribution in [0.3, 0.4) is 0 Å². The molecule has 3 aromatic rings. The molecule has 26 heavy (non-hydrogen) atoms. The van der Waals surface area contributed by atoms with Gasteiger partial charge in [-0.15, -0.1) is 0 Å². The van der Waals surface area contributed by atoms with Gasteiger partial charge in [-0.1, -0.05) is 36.4 Å². The van der Waals surface area contributed by atoms with Crippen LogP contribution >= 0.6 is 0 Å². The van der Waals surface area contributed by atoms with Crippen LogP contribution in [0.1, 0.15) is 12.6 Å². The second kappa shape index (κ2) is 7.67. The van der Waals surface area contributed by atoms with Gasteiger partial charge in [-0.3, -0.25) is 9.48 Å². The van der Waals surface area contributed by atoms with Crippen molar-refractivity contribution in [3.8, 4) is 0 Å². The number of benzene rings is 2. The summed E-state index contributed by atoms with van der Waals surface area (Å²) in [6, 6.07) is 15.7. The minimum Gasteiger partial charge on any atom is -0.349 e. The summed E-state index contributed by atoms with van der Waals surface area (Å²) in [4.78, 5) is 12.2. The van der Waals surface area contributed by atoms with E-state index in [0.29, 0.717) is 0 Å². The molecule has 1 aromatic heterocycles. The van der Waals surface area contributed by atoms with Crippen molar-refractivity contribution in [1.29, 1.82) is 0 Å². The van der Waals surface area contributed by atoms with Gasteiger partial charge < -0.3 is 5.32 Å². The fourth-order valence-corrected chi connectivity index (χ4v) is 3.66. The Bertz CT molecular complexity index is 1010. The summed E-state index contributed by atoms with van der Waals surface area (Å²) in [5.74, 6) is -0.417. The van der Waals surface area contributed by atoms with Crippen LogP contribution in [0.4, 0.5) is 0 Å². The van der Waals surface area contributed by atoms with Crippen molar-refractivity contribution >= 4 is 26.8 Å².